The highest BCUT2D eigenvalue weighted by Gasteiger charge is 2.10. The summed E-state index contributed by atoms with van der Waals surface area (Å²) in [6.45, 7) is 19.3. The predicted octanol–water partition coefficient (Wildman–Crippen LogP) is 3.83. The molecule has 1 rings (SSSR count). The average molecular weight is 330 g/mol. The molecule has 5 heteroatoms. The van der Waals surface area contributed by atoms with Crippen LogP contribution in [0.4, 0.5) is 0 Å². The Morgan fingerprint density at radius 1 is 1.29 bits per heavy atom. The van der Waals surface area contributed by atoms with Crippen molar-refractivity contribution in [3.63, 3.8) is 0 Å². The normalized spacial score (nSPS) is 11.5. The summed E-state index contributed by atoms with van der Waals surface area (Å²) in [4.78, 5) is 18.8. The third-order valence-electron chi connectivity index (χ3n) is 3.36. The van der Waals surface area contributed by atoms with Crippen LogP contribution in [0.1, 0.15) is 45.0 Å². The van der Waals surface area contributed by atoms with Crippen LogP contribution in [0.2, 0.25) is 0 Å². The molecule has 1 heterocycles. The summed E-state index contributed by atoms with van der Waals surface area (Å²) in [6.07, 6.45) is 7.38. The fourth-order valence-electron chi connectivity index (χ4n) is 1.64. The number of unbranched alkanes of at least 4 members (excludes halogenated alkanes) is 1. The molecule has 1 aromatic heterocycles. The Kier molecular flexibility index (Phi) is 9.87. The van der Waals surface area contributed by atoms with Crippen LogP contribution in [-0.4, -0.2) is 15.8 Å². The number of nitrogens with one attached hydrogen (secondary N) is 1. The second kappa shape index (κ2) is 11.0. The average Bonchev–Trinajstić information content (AvgIpc) is 2.84. The number of H-pyrrole nitrogens is 1. The van der Waals surface area contributed by atoms with Crippen LogP contribution < -0.4 is 11.4 Å². The van der Waals surface area contributed by atoms with Gasteiger partial charge in [0, 0.05) is 17.1 Å². The molecule has 0 bridgehead atoms. The van der Waals surface area contributed by atoms with E-state index in [0.29, 0.717) is 23.6 Å². The van der Waals surface area contributed by atoms with Crippen molar-refractivity contribution in [2.75, 3.05) is 0 Å². The number of imidazole rings is 1. The van der Waals surface area contributed by atoms with E-state index in [-0.39, 0.29) is 5.69 Å². The summed E-state index contributed by atoms with van der Waals surface area (Å²) in [7, 11) is 0. The first-order valence-electron chi connectivity index (χ1n) is 8.04. The van der Waals surface area contributed by atoms with Gasteiger partial charge in [0.2, 0.25) is 0 Å². The molecule has 0 aliphatic heterocycles. The molecule has 3 N–H and O–H groups in total. The third kappa shape index (κ3) is 6.69. The number of nitrogens with two attached hydrogens (primary N) is 1. The van der Waals surface area contributed by atoms with Crippen molar-refractivity contribution in [1.82, 2.24) is 9.55 Å². The third-order valence-corrected chi connectivity index (χ3v) is 3.36. The first kappa shape index (κ1) is 21.4. The van der Waals surface area contributed by atoms with Crippen molar-refractivity contribution in [3.8, 4) is 0 Å². The highest BCUT2D eigenvalue weighted by molar-refractivity contribution is 5.79. The Morgan fingerprint density at radius 2 is 1.88 bits per heavy atom. The minimum absolute atomic E-state index is 0.220. The number of aliphatic imine (C=N–C) groups is 1. The Balaban J connectivity index is 0.00000118. The molecule has 0 atom stereocenters. The Labute approximate surface area is 145 Å². The predicted molar refractivity (Wildman–Crippen MR) is 104 cm³/mol. The van der Waals surface area contributed by atoms with Crippen molar-refractivity contribution >= 4 is 6.21 Å². The van der Waals surface area contributed by atoms with Gasteiger partial charge < -0.3 is 10.7 Å². The number of hydrogen-bond acceptors (Lipinski definition) is 3. The molecule has 1 aromatic rings. The van der Waals surface area contributed by atoms with Crippen LogP contribution in [0.15, 0.2) is 58.6 Å². The molecule has 0 amide bonds. The number of rotatable bonds is 7. The monoisotopic (exact) mass is 330 g/mol. The largest absolute Gasteiger partial charge is 0.398 e. The summed E-state index contributed by atoms with van der Waals surface area (Å²) in [5.74, 6) is 0. The topological polar surface area (TPSA) is 76.2 Å². The van der Waals surface area contributed by atoms with Crippen LogP contribution in [0.25, 0.3) is 0 Å². The summed E-state index contributed by atoms with van der Waals surface area (Å²) < 4.78 is 1.58. The van der Waals surface area contributed by atoms with Crippen molar-refractivity contribution in [2.45, 2.75) is 47.1 Å². The summed E-state index contributed by atoms with van der Waals surface area (Å²) in [5.41, 5.74) is 8.93. The molecule has 0 aromatic carbocycles. The Morgan fingerprint density at radius 3 is 2.29 bits per heavy atom. The van der Waals surface area contributed by atoms with Crippen molar-refractivity contribution in [3.05, 3.63) is 70.7 Å². The minimum Gasteiger partial charge on any atom is -0.398 e. The van der Waals surface area contributed by atoms with Gasteiger partial charge in [-0.25, -0.2) is 4.79 Å². The van der Waals surface area contributed by atoms with Gasteiger partial charge in [-0.05, 0) is 25.5 Å². The number of aromatic amines is 1. The van der Waals surface area contributed by atoms with Crippen molar-refractivity contribution < 1.29 is 0 Å². The second-order valence-electron chi connectivity index (χ2n) is 5.40. The number of nitrogens with zero attached hydrogens (tertiary/aromatic N) is 2. The molecule has 24 heavy (non-hydrogen) atoms. The standard InChI is InChI=1S/C15H20N4O.C4H10/c1-6-12(13(16)7-2)9-19-11(5)14(18-15(19)20)8-17-10(3)4;1-3-4-2/h6-8H,1-3,9,16H2,4-5H3,(H,18,20);3-4H2,1-2H3/b13-12-,17-8?;. The number of aromatic nitrogens is 2. The summed E-state index contributed by atoms with van der Waals surface area (Å²) in [5, 5.41) is 0. The maximum atomic E-state index is 12.0. The van der Waals surface area contributed by atoms with Gasteiger partial charge in [0.05, 0.1) is 18.5 Å². The van der Waals surface area contributed by atoms with E-state index in [9.17, 15) is 4.79 Å². The molecule has 0 aliphatic carbocycles. The molecule has 0 aliphatic rings. The van der Waals surface area contributed by atoms with Gasteiger partial charge in [-0.1, -0.05) is 52.5 Å². The van der Waals surface area contributed by atoms with Crippen molar-refractivity contribution in [1.29, 1.82) is 0 Å². The summed E-state index contributed by atoms with van der Waals surface area (Å²) in [6, 6.07) is 0. The van der Waals surface area contributed by atoms with Gasteiger partial charge in [0.25, 0.3) is 0 Å². The highest BCUT2D eigenvalue weighted by Crippen LogP contribution is 2.08. The van der Waals surface area contributed by atoms with E-state index < -0.39 is 0 Å². The lowest BCUT2D eigenvalue weighted by molar-refractivity contribution is 0.733. The molecule has 132 valence electrons. The van der Waals surface area contributed by atoms with Crippen LogP contribution in [-0.2, 0) is 6.54 Å². The van der Waals surface area contributed by atoms with Crippen LogP contribution >= 0.6 is 0 Å². The Hall–Kier alpha value is -2.56. The molecule has 0 unspecified atom stereocenters. The van der Waals surface area contributed by atoms with E-state index in [1.54, 1.807) is 23.8 Å². The zero-order valence-corrected chi connectivity index (χ0v) is 15.4. The highest BCUT2D eigenvalue weighted by atomic mass is 16.1. The number of hydrogen-bond donors (Lipinski definition) is 2. The zero-order valence-electron chi connectivity index (χ0n) is 15.4. The minimum atomic E-state index is -0.220. The fourth-order valence-corrected chi connectivity index (χ4v) is 1.64. The van der Waals surface area contributed by atoms with Gasteiger partial charge in [0.15, 0.2) is 0 Å². The van der Waals surface area contributed by atoms with Crippen LogP contribution in [0.3, 0.4) is 0 Å². The Bertz CT molecular complexity index is 685. The molecule has 0 fully saturated rings. The first-order chi connectivity index (χ1) is 11.3. The molecular weight excluding hydrogens is 300 g/mol. The van der Waals surface area contributed by atoms with E-state index in [0.717, 1.165) is 11.3 Å². The van der Waals surface area contributed by atoms with Gasteiger partial charge in [-0.2, -0.15) is 0 Å². The second-order valence-corrected chi connectivity index (χ2v) is 5.40. The van der Waals surface area contributed by atoms with Gasteiger partial charge >= 0.3 is 5.69 Å². The van der Waals surface area contributed by atoms with E-state index in [4.69, 9.17) is 5.73 Å². The molecule has 0 radical (unpaired) electrons. The maximum Gasteiger partial charge on any atom is 0.326 e. The lowest BCUT2D eigenvalue weighted by Gasteiger charge is -2.07. The van der Waals surface area contributed by atoms with Gasteiger partial charge in [-0.3, -0.25) is 9.56 Å². The lowest BCUT2D eigenvalue weighted by atomic mass is 10.2. The molecule has 5 nitrogen and oxygen atoms in total. The molecule has 0 spiro atoms. The van der Waals surface area contributed by atoms with E-state index in [1.807, 2.05) is 6.92 Å². The van der Waals surface area contributed by atoms with Crippen LogP contribution in [0, 0.1) is 6.92 Å². The van der Waals surface area contributed by atoms with E-state index in [2.05, 4.69) is 43.6 Å². The first-order valence-corrected chi connectivity index (χ1v) is 8.04. The van der Waals surface area contributed by atoms with Crippen LogP contribution in [0.5, 0.6) is 0 Å². The molecular formula is C19H30N4O. The zero-order chi connectivity index (χ0) is 18.7. The van der Waals surface area contributed by atoms with Crippen molar-refractivity contribution in [2.24, 2.45) is 10.7 Å². The van der Waals surface area contributed by atoms with E-state index in [1.165, 1.54) is 18.9 Å². The quantitative estimate of drug-likeness (QED) is 0.589. The SMILES string of the molecule is C=C/C(N)=C(\C=C)Cn1c(C)c(C=NC(=C)C)[nH]c1=O.CCCC. The van der Waals surface area contributed by atoms with Gasteiger partial charge in [-0.15, -0.1) is 0 Å². The molecule has 0 saturated heterocycles. The van der Waals surface area contributed by atoms with E-state index >= 15 is 0 Å². The van der Waals surface area contributed by atoms with Gasteiger partial charge in [0.1, 0.15) is 0 Å². The lowest BCUT2D eigenvalue weighted by Crippen LogP contribution is -2.20. The summed E-state index contributed by atoms with van der Waals surface area (Å²) >= 11 is 0. The number of allylic oxidation sites excluding steroid dienone is 4. The fraction of sp³-hybridized carbons (Fsp3) is 0.368. The smallest absolute Gasteiger partial charge is 0.326 e. The maximum absolute atomic E-state index is 12.0. The molecule has 0 saturated carbocycles.